The van der Waals surface area contributed by atoms with Gasteiger partial charge >= 0.3 is 0 Å². The minimum absolute atomic E-state index is 0.574. The first-order valence-corrected chi connectivity index (χ1v) is 5.92. The Morgan fingerprint density at radius 1 is 1.44 bits per heavy atom. The second-order valence-electron chi connectivity index (χ2n) is 4.21. The fraction of sp³-hybridized carbons (Fsp3) is 0.615. The highest BCUT2D eigenvalue weighted by Crippen LogP contribution is 2.13. The molecule has 1 aromatic heterocycles. The van der Waals surface area contributed by atoms with Gasteiger partial charge in [-0.2, -0.15) is 5.26 Å². The summed E-state index contributed by atoms with van der Waals surface area (Å²) in [5.41, 5.74) is 3.14. The van der Waals surface area contributed by atoms with Crippen LogP contribution < -0.4 is 5.32 Å². The third-order valence-corrected chi connectivity index (χ3v) is 3.32. The lowest BCUT2D eigenvalue weighted by Gasteiger charge is -2.14. The van der Waals surface area contributed by atoms with Crippen molar-refractivity contribution >= 4 is 0 Å². The van der Waals surface area contributed by atoms with Crippen LogP contribution in [0.5, 0.6) is 0 Å². The van der Waals surface area contributed by atoms with Crippen molar-refractivity contribution in [3.8, 4) is 6.07 Å². The Morgan fingerprint density at radius 2 is 2.06 bits per heavy atom. The number of nitrogens with zero attached hydrogens (tertiary/aromatic N) is 2. The zero-order valence-corrected chi connectivity index (χ0v) is 10.7. The molecule has 3 heteroatoms. The topological polar surface area (TPSA) is 40.8 Å². The molecule has 88 valence electrons. The predicted molar refractivity (Wildman–Crippen MR) is 66.1 cm³/mol. The van der Waals surface area contributed by atoms with Gasteiger partial charge in [0.05, 0.1) is 0 Å². The lowest BCUT2D eigenvalue weighted by Crippen LogP contribution is -2.27. The van der Waals surface area contributed by atoms with Crippen LogP contribution >= 0.6 is 0 Å². The van der Waals surface area contributed by atoms with E-state index in [0.717, 1.165) is 25.1 Å². The average molecular weight is 219 g/mol. The summed E-state index contributed by atoms with van der Waals surface area (Å²) in [5, 5.41) is 12.5. The Bertz CT molecular complexity index is 381. The third kappa shape index (κ3) is 2.65. The van der Waals surface area contributed by atoms with Gasteiger partial charge in [0.2, 0.25) is 0 Å². The minimum Gasteiger partial charge on any atom is -0.340 e. The lowest BCUT2D eigenvalue weighted by atomic mass is 10.1. The smallest absolute Gasteiger partial charge is 0.120 e. The molecule has 0 unspecified atom stereocenters. The molecular formula is C13H21N3. The van der Waals surface area contributed by atoms with Gasteiger partial charge in [0.15, 0.2) is 0 Å². The maximum atomic E-state index is 8.93. The summed E-state index contributed by atoms with van der Waals surface area (Å²) < 4.78 is 1.95. The molecule has 1 aromatic rings. The molecule has 16 heavy (non-hydrogen) atoms. The van der Waals surface area contributed by atoms with Crippen molar-refractivity contribution in [2.45, 2.75) is 46.2 Å². The number of hydrogen-bond donors (Lipinski definition) is 1. The van der Waals surface area contributed by atoms with E-state index in [9.17, 15) is 0 Å². The van der Waals surface area contributed by atoms with E-state index in [0.29, 0.717) is 6.04 Å². The van der Waals surface area contributed by atoms with E-state index < -0.39 is 0 Å². The van der Waals surface area contributed by atoms with Crippen LogP contribution in [0.25, 0.3) is 0 Å². The normalized spacial score (nSPS) is 10.8. The van der Waals surface area contributed by atoms with Gasteiger partial charge in [0.1, 0.15) is 11.8 Å². The van der Waals surface area contributed by atoms with Crippen molar-refractivity contribution in [2.75, 3.05) is 0 Å². The molecule has 0 saturated carbocycles. The standard InChI is InChI=1S/C13H21N3/c1-5-12(6-2)15-9-11-7-13(8-14)16(4)10(11)3/h7,12,15H,5-6,9H2,1-4H3. The molecule has 0 spiro atoms. The first kappa shape index (κ1) is 12.8. The Hall–Kier alpha value is -1.27. The van der Waals surface area contributed by atoms with Crippen LogP contribution in [0.15, 0.2) is 6.07 Å². The van der Waals surface area contributed by atoms with Crippen molar-refractivity contribution in [3.63, 3.8) is 0 Å². The number of aromatic nitrogens is 1. The maximum Gasteiger partial charge on any atom is 0.120 e. The molecule has 0 aliphatic heterocycles. The fourth-order valence-corrected chi connectivity index (χ4v) is 1.88. The van der Waals surface area contributed by atoms with E-state index in [-0.39, 0.29) is 0 Å². The lowest BCUT2D eigenvalue weighted by molar-refractivity contribution is 0.483. The van der Waals surface area contributed by atoms with E-state index >= 15 is 0 Å². The second-order valence-corrected chi connectivity index (χ2v) is 4.21. The van der Waals surface area contributed by atoms with Crippen molar-refractivity contribution < 1.29 is 0 Å². The van der Waals surface area contributed by atoms with Gasteiger partial charge in [-0.15, -0.1) is 0 Å². The molecule has 0 aliphatic rings. The molecule has 0 bridgehead atoms. The van der Waals surface area contributed by atoms with Crippen LogP contribution in [0.3, 0.4) is 0 Å². The highest BCUT2D eigenvalue weighted by atomic mass is 15.0. The van der Waals surface area contributed by atoms with Crippen molar-refractivity contribution in [2.24, 2.45) is 7.05 Å². The molecule has 0 amide bonds. The van der Waals surface area contributed by atoms with Crippen LogP contribution in [-0.2, 0) is 13.6 Å². The molecule has 1 heterocycles. The van der Waals surface area contributed by atoms with Gasteiger partial charge in [0, 0.05) is 25.3 Å². The number of nitrogens with one attached hydrogen (secondary N) is 1. The van der Waals surface area contributed by atoms with Gasteiger partial charge in [-0.1, -0.05) is 13.8 Å². The van der Waals surface area contributed by atoms with E-state index in [1.807, 2.05) is 17.7 Å². The highest BCUT2D eigenvalue weighted by molar-refractivity contribution is 5.34. The molecule has 0 atom stereocenters. The third-order valence-electron chi connectivity index (χ3n) is 3.32. The van der Waals surface area contributed by atoms with Crippen LogP contribution in [0, 0.1) is 18.3 Å². The molecule has 0 aliphatic carbocycles. The van der Waals surface area contributed by atoms with Crippen molar-refractivity contribution in [3.05, 3.63) is 23.0 Å². The quantitative estimate of drug-likeness (QED) is 0.826. The zero-order valence-electron chi connectivity index (χ0n) is 10.7. The first-order chi connectivity index (χ1) is 7.63. The largest absolute Gasteiger partial charge is 0.340 e. The Balaban J connectivity index is 2.72. The molecule has 1 N–H and O–H groups in total. The molecule has 1 rings (SSSR count). The van der Waals surface area contributed by atoms with Crippen LogP contribution in [0.4, 0.5) is 0 Å². The predicted octanol–water partition coefficient (Wildman–Crippen LogP) is 2.48. The average Bonchev–Trinajstić information content (AvgIpc) is 2.58. The summed E-state index contributed by atoms with van der Waals surface area (Å²) in [5.74, 6) is 0. The Labute approximate surface area is 98.1 Å². The minimum atomic E-state index is 0.574. The first-order valence-electron chi connectivity index (χ1n) is 5.92. The summed E-state index contributed by atoms with van der Waals surface area (Å²) in [4.78, 5) is 0. The van der Waals surface area contributed by atoms with Crippen molar-refractivity contribution in [1.82, 2.24) is 9.88 Å². The van der Waals surface area contributed by atoms with Crippen LogP contribution in [0.1, 0.15) is 43.6 Å². The molecule has 0 aromatic carbocycles. The van der Waals surface area contributed by atoms with Gasteiger partial charge in [-0.05, 0) is 31.4 Å². The summed E-state index contributed by atoms with van der Waals surface area (Å²) in [7, 11) is 1.94. The van der Waals surface area contributed by atoms with Crippen molar-refractivity contribution in [1.29, 1.82) is 5.26 Å². The maximum absolute atomic E-state index is 8.93. The van der Waals surface area contributed by atoms with Gasteiger partial charge in [-0.3, -0.25) is 0 Å². The van der Waals surface area contributed by atoms with E-state index in [1.54, 1.807) is 0 Å². The molecule has 0 fully saturated rings. The zero-order chi connectivity index (χ0) is 12.1. The van der Waals surface area contributed by atoms with E-state index in [4.69, 9.17) is 5.26 Å². The summed E-state index contributed by atoms with van der Waals surface area (Å²) in [6.45, 7) is 7.30. The Morgan fingerprint density at radius 3 is 2.50 bits per heavy atom. The van der Waals surface area contributed by atoms with E-state index in [2.05, 4.69) is 32.2 Å². The molecule has 0 radical (unpaired) electrons. The van der Waals surface area contributed by atoms with Crippen LogP contribution in [-0.4, -0.2) is 10.6 Å². The fourth-order valence-electron chi connectivity index (χ4n) is 1.88. The molecular weight excluding hydrogens is 198 g/mol. The molecule has 0 saturated heterocycles. The SMILES string of the molecule is CCC(CC)NCc1cc(C#N)n(C)c1C. The molecule has 3 nitrogen and oxygen atoms in total. The van der Waals surface area contributed by atoms with E-state index in [1.165, 1.54) is 11.3 Å². The highest BCUT2D eigenvalue weighted by Gasteiger charge is 2.09. The monoisotopic (exact) mass is 219 g/mol. The number of rotatable bonds is 5. The second kappa shape index (κ2) is 5.72. The summed E-state index contributed by atoms with van der Waals surface area (Å²) in [6.07, 6.45) is 2.29. The Kier molecular flexibility index (Phi) is 4.57. The van der Waals surface area contributed by atoms with Gasteiger partial charge in [-0.25, -0.2) is 0 Å². The summed E-state index contributed by atoms with van der Waals surface area (Å²) >= 11 is 0. The summed E-state index contributed by atoms with van der Waals surface area (Å²) in [6, 6.07) is 4.76. The number of hydrogen-bond acceptors (Lipinski definition) is 2. The van der Waals surface area contributed by atoms with Crippen LogP contribution in [0.2, 0.25) is 0 Å². The van der Waals surface area contributed by atoms with Gasteiger partial charge in [0.25, 0.3) is 0 Å². The number of nitriles is 1. The van der Waals surface area contributed by atoms with Gasteiger partial charge < -0.3 is 9.88 Å².